The molecular weight excluding hydrogens is 459 g/mol. The standard InChI is InChI=1S/C27H37Cl2N2.ClH/c1-16(2)20-11-9-12-21(17(3)4)24(20)30-15-31(27(29)26(30)28)25-22(18(5)6)13-10-14-23(25)19(7)8;/h9-19,26-27H,1-8H3;1H/q+1;/p-1. The molecule has 2 atom stereocenters. The number of benzene rings is 2. The van der Waals surface area contributed by atoms with Gasteiger partial charge in [0.2, 0.25) is 17.3 Å². The van der Waals surface area contributed by atoms with Gasteiger partial charge in [-0.15, -0.1) is 0 Å². The van der Waals surface area contributed by atoms with Gasteiger partial charge in [0.15, 0.2) is 0 Å². The molecule has 2 nitrogen and oxygen atoms in total. The lowest BCUT2D eigenvalue weighted by molar-refractivity contribution is -0.446. The van der Waals surface area contributed by atoms with Crippen LogP contribution in [0.2, 0.25) is 0 Å². The Morgan fingerprint density at radius 1 is 0.688 bits per heavy atom. The molecule has 0 spiro atoms. The highest BCUT2D eigenvalue weighted by Gasteiger charge is 2.44. The summed E-state index contributed by atoms with van der Waals surface area (Å²) in [5.74, 6) is 1.57. The van der Waals surface area contributed by atoms with E-state index in [1.807, 2.05) is 0 Å². The van der Waals surface area contributed by atoms with E-state index >= 15 is 0 Å². The topological polar surface area (TPSA) is 6.25 Å². The highest BCUT2D eigenvalue weighted by Crippen LogP contribution is 2.43. The monoisotopic (exact) mass is 494 g/mol. The van der Waals surface area contributed by atoms with Gasteiger partial charge >= 0.3 is 0 Å². The summed E-state index contributed by atoms with van der Waals surface area (Å²) in [4.78, 5) is 2.20. The van der Waals surface area contributed by atoms with Gasteiger partial charge in [0, 0.05) is 22.3 Å². The summed E-state index contributed by atoms with van der Waals surface area (Å²) in [5, 5.41) is 0. The van der Waals surface area contributed by atoms with Crippen LogP contribution in [0.15, 0.2) is 36.4 Å². The molecule has 2 aromatic carbocycles. The van der Waals surface area contributed by atoms with E-state index in [4.69, 9.17) is 23.2 Å². The normalized spacial score (nSPS) is 18.7. The lowest BCUT2D eigenvalue weighted by Crippen LogP contribution is -3.00. The summed E-state index contributed by atoms with van der Waals surface area (Å²) in [7, 11) is 0. The van der Waals surface area contributed by atoms with Gasteiger partial charge in [-0.1, -0.05) is 115 Å². The van der Waals surface area contributed by atoms with Crippen LogP contribution in [-0.2, 0) is 0 Å². The zero-order chi connectivity index (χ0) is 23.0. The molecule has 0 N–H and O–H groups in total. The molecule has 2 unspecified atom stereocenters. The summed E-state index contributed by atoms with van der Waals surface area (Å²) < 4.78 is 2.20. The largest absolute Gasteiger partial charge is 1.00 e. The van der Waals surface area contributed by atoms with Crippen molar-refractivity contribution in [1.82, 2.24) is 0 Å². The summed E-state index contributed by atoms with van der Waals surface area (Å²) >= 11 is 14.1. The smallest absolute Gasteiger partial charge is 0.247 e. The SMILES string of the molecule is CC(C)c1cccc(C(C)C)c1N1C=[N+](c2c(C(C)C)cccc2C(C)C)C(Cl)C1Cl.[Cl-]. The Morgan fingerprint density at radius 2 is 1.06 bits per heavy atom. The first-order chi connectivity index (χ1) is 14.6. The summed E-state index contributed by atoms with van der Waals surface area (Å²) in [5.41, 5.74) is 6.90. The molecule has 0 amide bonds. The fourth-order valence-corrected chi connectivity index (χ4v) is 5.05. The molecular formula is C27H37Cl3N2. The van der Waals surface area contributed by atoms with Crippen molar-refractivity contribution in [1.29, 1.82) is 0 Å². The van der Waals surface area contributed by atoms with Crippen molar-refractivity contribution < 1.29 is 17.0 Å². The van der Waals surface area contributed by atoms with Gasteiger partial charge in [-0.2, -0.15) is 0 Å². The first-order valence-electron chi connectivity index (χ1n) is 11.5. The van der Waals surface area contributed by atoms with Crippen molar-refractivity contribution in [2.24, 2.45) is 0 Å². The quantitative estimate of drug-likeness (QED) is 0.291. The molecule has 32 heavy (non-hydrogen) atoms. The van der Waals surface area contributed by atoms with Crippen molar-refractivity contribution in [2.45, 2.75) is 90.1 Å². The molecule has 3 rings (SSSR count). The molecule has 1 heterocycles. The Labute approximate surface area is 211 Å². The van der Waals surface area contributed by atoms with Crippen LogP contribution in [0.4, 0.5) is 11.4 Å². The molecule has 0 fully saturated rings. The van der Waals surface area contributed by atoms with E-state index in [2.05, 4.69) is 108 Å². The number of anilines is 1. The zero-order valence-corrected chi connectivity index (χ0v) is 22.8. The number of halogens is 3. The van der Waals surface area contributed by atoms with E-state index in [0.29, 0.717) is 23.7 Å². The second-order valence-electron chi connectivity index (χ2n) is 9.86. The highest BCUT2D eigenvalue weighted by molar-refractivity contribution is 6.32. The first-order valence-corrected chi connectivity index (χ1v) is 12.4. The molecule has 0 bridgehead atoms. The van der Waals surface area contributed by atoms with Crippen LogP contribution in [0.1, 0.15) is 101 Å². The van der Waals surface area contributed by atoms with Gasteiger partial charge in [0.05, 0.1) is 0 Å². The Morgan fingerprint density at radius 3 is 1.44 bits per heavy atom. The van der Waals surface area contributed by atoms with E-state index in [0.717, 1.165) is 0 Å². The third-order valence-corrected chi connectivity index (χ3v) is 7.24. The summed E-state index contributed by atoms with van der Waals surface area (Å²) in [6.07, 6.45) is 2.15. The molecule has 176 valence electrons. The van der Waals surface area contributed by atoms with Crippen LogP contribution in [-0.4, -0.2) is 21.9 Å². The number of nitrogens with zero attached hydrogens (tertiary/aromatic N) is 2. The van der Waals surface area contributed by atoms with Crippen molar-refractivity contribution in [2.75, 3.05) is 4.90 Å². The molecule has 1 aliphatic rings. The van der Waals surface area contributed by atoms with Crippen LogP contribution < -0.4 is 17.3 Å². The average molecular weight is 496 g/mol. The van der Waals surface area contributed by atoms with Crippen molar-refractivity contribution in [3.05, 3.63) is 58.7 Å². The third kappa shape index (κ3) is 4.98. The first kappa shape index (κ1) is 27.0. The Balaban J connectivity index is 0.00000363. The number of alkyl halides is 2. The van der Waals surface area contributed by atoms with Crippen LogP contribution in [0.25, 0.3) is 0 Å². The number of rotatable bonds is 6. The Bertz CT molecular complexity index is 911. The molecule has 5 heteroatoms. The van der Waals surface area contributed by atoms with Gasteiger partial charge < -0.3 is 12.4 Å². The van der Waals surface area contributed by atoms with Gasteiger partial charge in [0.25, 0.3) is 0 Å². The second kappa shape index (κ2) is 10.8. The molecule has 0 radical (unpaired) electrons. The summed E-state index contributed by atoms with van der Waals surface area (Å²) in [6.45, 7) is 17.9. The minimum atomic E-state index is -0.362. The van der Waals surface area contributed by atoms with Crippen LogP contribution in [0.3, 0.4) is 0 Å². The molecule has 2 aromatic rings. The van der Waals surface area contributed by atoms with E-state index < -0.39 is 0 Å². The Kier molecular flexibility index (Phi) is 9.13. The van der Waals surface area contributed by atoms with Gasteiger partial charge in [-0.25, -0.2) is 9.48 Å². The van der Waals surface area contributed by atoms with E-state index in [1.54, 1.807) is 0 Å². The fraction of sp³-hybridized carbons (Fsp3) is 0.519. The predicted octanol–water partition coefficient (Wildman–Crippen LogP) is 5.51. The molecule has 0 aromatic heterocycles. The van der Waals surface area contributed by atoms with Crippen LogP contribution >= 0.6 is 23.2 Å². The van der Waals surface area contributed by atoms with Crippen molar-refractivity contribution >= 4 is 40.9 Å². The third-order valence-electron chi connectivity index (χ3n) is 6.21. The second-order valence-corrected chi connectivity index (χ2v) is 10.8. The lowest BCUT2D eigenvalue weighted by atomic mass is 9.92. The van der Waals surface area contributed by atoms with Gasteiger partial charge in [-0.3, -0.25) is 0 Å². The summed E-state index contributed by atoms with van der Waals surface area (Å²) in [6, 6.07) is 13.2. The number of hydrogen-bond acceptors (Lipinski definition) is 1. The molecule has 0 saturated heterocycles. The maximum Gasteiger partial charge on any atom is 0.247 e. The maximum absolute atomic E-state index is 7.05. The van der Waals surface area contributed by atoms with Crippen LogP contribution in [0, 0.1) is 0 Å². The van der Waals surface area contributed by atoms with Crippen molar-refractivity contribution in [3.63, 3.8) is 0 Å². The fourth-order valence-electron chi connectivity index (χ4n) is 4.51. The maximum atomic E-state index is 7.05. The number of hydrogen-bond donors (Lipinski definition) is 0. The Hall–Kier alpha value is -1.22. The van der Waals surface area contributed by atoms with E-state index in [-0.39, 0.29) is 23.4 Å². The minimum absolute atomic E-state index is 0. The van der Waals surface area contributed by atoms with Gasteiger partial charge in [-0.05, 0) is 23.7 Å². The minimum Gasteiger partial charge on any atom is -1.00 e. The lowest BCUT2D eigenvalue weighted by Gasteiger charge is -2.23. The van der Waals surface area contributed by atoms with Gasteiger partial charge in [0.1, 0.15) is 11.4 Å². The van der Waals surface area contributed by atoms with E-state index in [9.17, 15) is 0 Å². The molecule has 0 saturated carbocycles. The predicted molar refractivity (Wildman–Crippen MR) is 137 cm³/mol. The van der Waals surface area contributed by atoms with E-state index in [1.165, 1.54) is 33.6 Å². The molecule has 0 aliphatic carbocycles. The van der Waals surface area contributed by atoms with Crippen LogP contribution in [0.5, 0.6) is 0 Å². The highest BCUT2D eigenvalue weighted by atomic mass is 35.5. The number of para-hydroxylation sites is 2. The average Bonchev–Trinajstić information content (AvgIpc) is 3.00. The molecule has 1 aliphatic heterocycles. The van der Waals surface area contributed by atoms with Crippen molar-refractivity contribution in [3.8, 4) is 0 Å². The zero-order valence-electron chi connectivity index (χ0n) is 20.5.